The van der Waals surface area contributed by atoms with E-state index in [0.717, 1.165) is 5.75 Å². The number of hydrogen-bond donors (Lipinski definition) is 1. The van der Waals surface area contributed by atoms with Crippen LogP contribution in [0.2, 0.25) is 0 Å². The molecule has 0 saturated heterocycles. The summed E-state index contributed by atoms with van der Waals surface area (Å²) < 4.78 is 5.36. The van der Waals surface area contributed by atoms with Crippen LogP contribution in [-0.2, 0) is 0 Å². The maximum atomic E-state index is 5.62. The summed E-state index contributed by atoms with van der Waals surface area (Å²) >= 11 is 1.77. The van der Waals surface area contributed by atoms with Gasteiger partial charge in [0, 0.05) is 16.7 Å². The largest absolute Gasteiger partial charge is 0.496 e. The lowest BCUT2D eigenvalue weighted by Crippen LogP contribution is -2.12. The minimum atomic E-state index is 0.418. The van der Waals surface area contributed by atoms with E-state index in [4.69, 9.17) is 10.5 Å². The molecule has 2 nitrogen and oxygen atoms in total. The molecule has 1 aromatic carbocycles. The van der Waals surface area contributed by atoms with E-state index in [2.05, 4.69) is 32.9 Å². The molecule has 0 aromatic heterocycles. The molecule has 0 saturated carbocycles. The van der Waals surface area contributed by atoms with E-state index in [-0.39, 0.29) is 0 Å². The molecule has 0 amide bonds. The summed E-state index contributed by atoms with van der Waals surface area (Å²) in [6.07, 6.45) is 0. The van der Waals surface area contributed by atoms with E-state index < -0.39 is 0 Å². The second kappa shape index (κ2) is 5.42. The summed E-state index contributed by atoms with van der Waals surface area (Å²) in [5, 5.41) is 0.418. The van der Waals surface area contributed by atoms with Gasteiger partial charge in [0.2, 0.25) is 0 Å². The molecule has 0 aliphatic heterocycles. The highest BCUT2D eigenvalue weighted by Gasteiger charge is 2.09. The van der Waals surface area contributed by atoms with Gasteiger partial charge in [0.15, 0.2) is 0 Å². The second-order valence-corrected chi connectivity index (χ2v) is 5.23. The maximum absolute atomic E-state index is 5.62. The lowest BCUT2D eigenvalue weighted by molar-refractivity contribution is 0.404. The molecule has 3 heteroatoms. The van der Waals surface area contributed by atoms with Crippen molar-refractivity contribution < 1.29 is 4.74 Å². The predicted molar refractivity (Wildman–Crippen MR) is 66.8 cm³/mol. The van der Waals surface area contributed by atoms with Crippen molar-refractivity contribution in [3.8, 4) is 5.75 Å². The highest BCUT2D eigenvalue weighted by molar-refractivity contribution is 8.00. The molecule has 0 spiro atoms. The normalized spacial score (nSPS) is 12.6. The minimum Gasteiger partial charge on any atom is -0.496 e. The van der Waals surface area contributed by atoms with Gasteiger partial charge in [-0.1, -0.05) is 6.92 Å². The van der Waals surface area contributed by atoms with Gasteiger partial charge < -0.3 is 10.5 Å². The molecule has 1 rings (SSSR count). The first kappa shape index (κ1) is 12.4. The summed E-state index contributed by atoms with van der Waals surface area (Å²) in [6, 6.07) is 4.26. The standard InChI is InChI=1S/C12H19NOS/c1-8-5-11(14-4)12(6-9(8)2)15-10(3)7-13/h5-6,10H,7,13H2,1-4H3. The maximum Gasteiger partial charge on any atom is 0.132 e. The van der Waals surface area contributed by atoms with Gasteiger partial charge in [0.05, 0.1) is 7.11 Å². The molecule has 0 radical (unpaired) electrons. The Hall–Kier alpha value is -0.670. The molecular weight excluding hydrogens is 206 g/mol. The van der Waals surface area contributed by atoms with Crippen LogP contribution in [0.5, 0.6) is 5.75 Å². The molecular formula is C12H19NOS. The van der Waals surface area contributed by atoms with E-state index in [1.165, 1.54) is 16.0 Å². The van der Waals surface area contributed by atoms with Crippen molar-refractivity contribution in [1.29, 1.82) is 0 Å². The monoisotopic (exact) mass is 225 g/mol. The Labute approximate surface area is 96.2 Å². The number of aryl methyl sites for hydroxylation is 2. The number of methoxy groups -OCH3 is 1. The third kappa shape index (κ3) is 3.14. The Morgan fingerprint density at radius 2 is 1.93 bits per heavy atom. The van der Waals surface area contributed by atoms with Gasteiger partial charge in [0.25, 0.3) is 0 Å². The van der Waals surface area contributed by atoms with Crippen LogP contribution in [0.15, 0.2) is 17.0 Å². The highest BCUT2D eigenvalue weighted by Crippen LogP contribution is 2.34. The Kier molecular flexibility index (Phi) is 4.48. The van der Waals surface area contributed by atoms with Gasteiger partial charge in [0.1, 0.15) is 5.75 Å². The predicted octanol–water partition coefficient (Wildman–Crippen LogP) is 2.75. The second-order valence-electron chi connectivity index (χ2n) is 3.75. The first-order valence-electron chi connectivity index (χ1n) is 5.10. The van der Waals surface area contributed by atoms with Crippen molar-refractivity contribution in [3.63, 3.8) is 0 Å². The molecule has 0 fully saturated rings. The Morgan fingerprint density at radius 3 is 2.47 bits per heavy atom. The topological polar surface area (TPSA) is 35.2 Å². The first-order chi connectivity index (χ1) is 7.08. The minimum absolute atomic E-state index is 0.418. The fourth-order valence-corrected chi connectivity index (χ4v) is 2.31. The highest BCUT2D eigenvalue weighted by atomic mass is 32.2. The van der Waals surface area contributed by atoms with Crippen molar-refractivity contribution in [2.24, 2.45) is 5.73 Å². The molecule has 1 atom stereocenters. The SMILES string of the molecule is COc1cc(C)c(C)cc1SC(C)CN. The van der Waals surface area contributed by atoms with Crippen LogP contribution in [-0.4, -0.2) is 18.9 Å². The molecule has 1 aromatic rings. The molecule has 0 aliphatic carbocycles. The van der Waals surface area contributed by atoms with E-state index in [0.29, 0.717) is 11.8 Å². The molecule has 1 unspecified atom stereocenters. The summed E-state index contributed by atoms with van der Waals surface area (Å²) in [4.78, 5) is 1.18. The van der Waals surface area contributed by atoms with Crippen LogP contribution in [0.4, 0.5) is 0 Å². The Morgan fingerprint density at radius 1 is 1.33 bits per heavy atom. The zero-order valence-corrected chi connectivity index (χ0v) is 10.6. The van der Waals surface area contributed by atoms with Gasteiger partial charge >= 0.3 is 0 Å². The number of thioether (sulfide) groups is 1. The smallest absolute Gasteiger partial charge is 0.132 e. The van der Waals surface area contributed by atoms with Crippen molar-refractivity contribution in [1.82, 2.24) is 0 Å². The summed E-state index contributed by atoms with van der Waals surface area (Å²) in [5.74, 6) is 0.948. The fourth-order valence-electron chi connectivity index (χ4n) is 1.28. The van der Waals surface area contributed by atoms with Gasteiger partial charge in [-0.05, 0) is 37.1 Å². The third-order valence-corrected chi connectivity index (χ3v) is 3.61. The summed E-state index contributed by atoms with van der Waals surface area (Å²) in [5.41, 5.74) is 8.17. The van der Waals surface area contributed by atoms with Crippen LogP contribution in [0, 0.1) is 13.8 Å². The van der Waals surface area contributed by atoms with Crippen LogP contribution in [0.3, 0.4) is 0 Å². The van der Waals surface area contributed by atoms with Crippen LogP contribution in [0.1, 0.15) is 18.1 Å². The molecule has 2 N–H and O–H groups in total. The number of rotatable bonds is 4. The molecule has 15 heavy (non-hydrogen) atoms. The van der Waals surface area contributed by atoms with E-state index >= 15 is 0 Å². The van der Waals surface area contributed by atoms with Crippen LogP contribution < -0.4 is 10.5 Å². The zero-order chi connectivity index (χ0) is 11.4. The Balaban J connectivity index is 2.99. The average Bonchev–Trinajstić information content (AvgIpc) is 2.22. The number of ether oxygens (including phenoxy) is 1. The molecule has 0 bridgehead atoms. The van der Waals surface area contributed by atoms with Gasteiger partial charge in [-0.2, -0.15) is 0 Å². The van der Waals surface area contributed by atoms with Crippen molar-refractivity contribution in [2.45, 2.75) is 30.9 Å². The lowest BCUT2D eigenvalue weighted by Gasteiger charge is -2.14. The van der Waals surface area contributed by atoms with Crippen molar-refractivity contribution in [2.75, 3.05) is 13.7 Å². The van der Waals surface area contributed by atoms with Crippen LogP contribution >= 0.6 is 11.8 Å². The average molecular weight is 225 g/mol. The Bertz CT molecular complexity index is 339. The number of nitrogens with two attached hydrogens (primary N) is 1. The molecule has 0 heterocycles. The van der Waals surface area contributed by atoms with Gasteiger partial charge in [-0.3, -0.25) is 0 Å². The van der Waals surface area contributed by atoms with Crippen LogP contribution in [0.25, 0.3) is 0 Å². The third-order valence-electron chi connectivity index (χ3n) is 2.44. The lowest BCUT2D eigenvalue weighted by atomic mass is 10.1. The fraction of sp³-hybridized carbons (Fsp3) is 0.500. The summed E-state index contributed by atoms with van der Waals surface area (Å²) in [6.45, 7) is 7.02. The zero-order valence-electron chi connectivity index (χ0n) is 9.83. The van der Waals surface area contributed by atoms with E-state index in [1.807, 2.05) is 0 Å². The number of benzene rings is 1. The van der Waals surface area contributed by atoms with Crippen molar-refractivity contribution >= 4 is 11.8 Å². The quantitative estimate of drug-likeness (QED) is 0.800. The van der Waals surface area contributed by atoms with Crippen molar-refractivity contribution in [3.05, 3.63) is 23.3 Å². The van der Waals surface area contributed by atoms with Gasteiger partial charge in [-0.25, -0.2) is 0 Å². The first-order valence-corrected chi connectivity index (χ1v) is 5.98. The van der Waals surface area contributed by atoms with Gasteiger partial charge in [-0.15, -0.1) is 11.8 Å². The molecule has 0 aliphatic rings. The molecule has 84 valence electrons. The number of hydrogen-bond acceptors (Lipinski definition) is 3. The van der Waals surface area contributed by atoms with E-state index in [9.17, 15) is 0 Å². The summed E-state index contributed by atoms with van der Waals surface area (Å²) in [7, 11) is 1.71. The van der Waals surface area contributed by atoms with E-state index in [1.54, 1.807) is 18.9 Å².